The Morgan fingerprint density at radius 2 is 1.57 bits per heavy atom. The smallest absolute Gasteiger partial charge is 0.238 e. The number of hydrogen-bond acceptors (Lipinski definition) is 5. The first-order valence-electron chi connectivity index (χ1n) is 7.03. The molecule has 6 unspecified atom stereocenters. The molecule has 0 radical (unpaired) electrons. The second-order valence-electron chi connectivity index (χ2n) is 6.13. The summed E-state index contributed by atoms with van der Waals surface area (Å²) in [5, 5.41) is 29.5. The van der Waals surface area contributed by atoms with Crippen molar-refractivity contribution in [3.05, 3.63) is 24.3 Å². The Bertz CT molecular complexity index is 613. The number of carbonyl (C=O) groups excluding carboxylic acids is 2. The summed E-state index contributed by atoms with van der Waals surface area (Å²) in [6.07, 6.45) is -1.35. The Hall–Kier alpha value is -1.92. The molecule has 1 aromatic rings. The van der Waals surface area contributed by atoms with E-state index in [2.05, 4.69) is 0 Å². The number of aromatic hydroxyl groups is 1. The number of benzene rings is 1. The molecule has 1 saturated heterocycles. The first kappa shape index (κ1) is 12.8. The molecule has 2 amide bonds. The molecule has 3 N–H and O–H groups in total. The predicted octanol–water partition coefficient (Wildman–Crippen LogP) is -0.131. The summed E-state index contributed by atoms with van der Waals surface area (Å²) in [5.74, 6) is -2.51. The first-order chi connectivity index (χ1) is 10.0. The third kappa shape index (κ3) is 1.49. The van der Waals surface area contributed by atoms with E-state index in [1.807, 2.05) is 0 Å². The molecule has 6 nitrogen and oxygen atoms in total. The molecular weight excluding hydrogens is 274 g/mol. The number of aliphatic hydroxyl groups is 2. The summed E-state index contributed by atoms with van der Waals surface area (Å²) in [6, 6.07) is 5.99. The van der Waals surface area contributed by atoms with Crippen LogP contribution in [0.4, 0.5) is 5.69 Å². The van der Waals surface area contributed by atoms with Gasteiger partial charge in [0.25, 0.3) is 0 Å². The minimum absolute atomic E-state index is 0.0202. The second kappa shape index (κ2) is 4.05. The molecule has 6 atom stereocenters. The van der Waals surface area contributed by atoms with E-state index in [0.29, 0.717) is 12.1 Å². The van der Waals surface area contributed by atoms with Crippen LogP contribution in [0.25, 0.3) is 0 Å². The summed E-state index contributed by atoms with van der Waals surface area (Å²) in [5.41, 5.74) is 0.336. The Morgan fingerprint density at radius 1 is 1.00 bits per heavy atom. The van der Waals surface area contributed by atoms with E-state index in [1.165, 1.54) is 12.1 Å². The van der Waals surface area contributed by atoms with E-state index in [4.69, 9.17) is 0 Å². The Balaban J connectivity index is 1.75. The van der Waals surface area contributed by atoms with Crippen LogP contribution in [0, 0.1) is 23.7 Å². The maximum absolute atomic E-state index is 12.6. The summed E-state index contributed by atoms with van der Waals surface area (Å²) in [4.78, 5) is 26.2. The molecular formula is C15H15NO5. The van der Waals surface area contributed by atoms with Crippen LogP contribution >= 0.6 is 0 Å². The Kier molecular flexibility index (Phi) is 2.47. The maximum Gasteiger partial charge on any atom is 0.238 e. The quantitative estimate of drug-likeness (QED) is 0.626. The summed E-state index contributed by atoms with van der Waals surface area (Å²) < 4.78 is 0. The molecule has 1 aromatic carbocycles. The van der Waals surface area contributed by atoms with Gasteiger partial charge in [0.05, 0.1) is 29.7 Å². The van der Waals surface area contributed by atoms with Crippen molar-refractivity contribution in [2.24, 2.45) is 23.7 Å². The highest BCUT2D eigenvalue weighted by molar-refractivity contribution is 6.22. The van der Waals surface area contributed by atoms with Crippen LogP contribution < -0.4 is 4.90 Å². The standard InChI is InChI=1S/C15H15NO5/c17-7-3-1-2-6(4-7)16-14(20)10-8-5-9(11(10)15(16)21)13(19)12(8)18/h1-4,8-13,17-19H,5H2. The van der Waals surface area contributed by atoms with Gasteiger partial charge in [-0.15, -0.1) is 0 Å². The first-order valence-corrected chi connectivity index (χ1v) is 7.03. The van der Waals surface area contributed by atoms with E-state index in [0.717, 1.165) is 4.90 Å². The number of rotatable bonds is 1. The highest BCUT2D eigenvalue weighted by Gasteiger charge is 2.67. The zero-order valence-corrected chi connectivity index (χ0v) is 11.1. The van der Waals surface area contributed by atoms with E-state index >= 15 is 0 Å². The van der Waals surface area contributed by atoms with Gasteiger partial charge in [-0.2, -0.15) is 0 Å². The number of phenolic OH excluding ortho intramolecular Hbond substituents is 1. The van der Waals surface area contributed by atoms with Crippen LogP contribution in [-0.4, -0.2) is 39.3 Å². The van der Waals surface area contributed by atoms with Gasteiger partial charge in [0.15, 0.2) is 0 Å². The maximum atomic E-state index is 12.6. The van der Waals surface area contributed by atoms with E-state index < -0.39 is 24.0 Å². The number of carbonyl (C=O) groups is 2. The summed E-state index contributed by atoms with van der Waals surface area (Å²) in [6.45, 7) is 0. The van der Waals surface area contributed by atoms with Crippen molar-refractivity contribution >= 4 is 17.5 Å². The molecule has 3 aliphatic rings. The van der Waals surface area contributed by atoms with Gasteiger partial charge in [-0.3, -0.25) is 9.59 Å². The molecule has 110 valence electrons. The van der Waals surface area contributed by atoms with Gasteiger partial charge >= 0.3 is 0 Å². The summed E-state index contributed by atoms with van der Waals surface area (Å²) in [7, 11) is 0. The zero-order valence-electron chi connectivity index (χ0n) is 11.1. The summed E-state index contributed by atoms with van der Waals surface area (Å²) >= 11 is 0. The Labute approximate surface area is 120 Å². The van der Waals surface area contributed by atoms with Crippen molar-refractivity contribution < 1.29 is 24.9 Å². The lowest BCUT2D eigenvalue weighted by Gasteiger charge is -2.29. The number of aliphatic hydroxyl groups excluding tert-OH is 2. The second-order valence-corrected chi connectivity index (χ2v) is 6.13. The molecule has 1 heterocycles. The third-order valence-electron chi connectivity index (χ3n) is 5.18. The monoisotopic (exact) mass is 289 g/mol. The normalized spacial score (nSPS) is 41.0. The third-order valence-corrected chi connectivity index (χ3v) is 5.18. The lowest BCUT2D eigenvalue weighted by molar-refractivity contribution is -0.129. The van der Waals surface area contributed by atoms with E-state index in [9.17, 15) is 24.9 Å². The van der Waals surface area contributed by atoms with Gasteiger partial charge < -0.3 is 15.3 Å². The van der Waals surface area contributed by atoms with E-state index in [-0.39, 0.29) is 29.4 Å². The molecule has 6 heteroatoms. The minimum atomic E-state index is -0.933. The highest BCUT2D eigenvalue weighted by Crippen LogP contribution is 2.56. The number of imide groups is 1. The van der Waals surface area contributed by atoms with Gasteiger partial charge in [-0.05, 0) is 18.6 Å². The molecule has 0 spiro atoms. The lowest BCUT2D eigenvalue weighted by atomic mass is 9.78. The van der Waals surface area contributed by atoms with Crippen LogP contribution in [0.5, 0.6) is 5.75 Å². The number of anilines is 1. The Morgan fingerprint density at radius 3 is 2.10 bits per heavy atom. The van der Waals surface area contributed by atoms with Gasteiger partial charge in [-0.25, -0.2) is 4.90 Å². The van der Waals surface area contributed by atoms with Crippen molar-refractivity contribution in [1.82, 2.24) is 0 Å². The van der Waals surface area contributed by atoms with Gasteiger partial charge in [0.2, 0.25) is 11.8 Å². The van der Waals surface area contributed by atoms with Crippen LogP contribution in [0.2, 0.25) is 0 Å². The number of nitrogens with zero attached hydrogens (tertiary/aromatic N) is 1. The average Bonchev–Trinajstić information content (AvgIpc) is 3.04. The lowest BCUT2D eigenvalue weighted by Crippen LogP contribution is -2.43. The molecule has 0 aromatic heterocycles. The predicted molar refractivity (Wildman–Crippen MR) is 71.2 cm³/mol. The van der Waals surface area contributed by atoms with Crippen LogP contribution in [0.15, 0.2) is 24.3 Å². The molecule has 21 heavy (non-hydrogen) atoms. The minimum Gasteiger partial charge on any atom is -0.508 e. The SMILES string of the molecule is O=C1C2C3CC(C(O)C3O)C2C(=O)N1c1cccc(O)c1. The van der Waals surface area contributed by atoms with Crippen LogP contribution in [0.1, 0.15) is 6.42 Å². The molecule has 1 aliphatic heterocycles. The molecule has 2 saturated carbocycles. The molecule has 3 fully saturated rings. The van der Waals surface area contributed by atoms with Crippen molar-refractivity contribution in [3.8, 4) is 5.75 Å². The fourth-order valence-electron chi connectivity index (χ4n) is 4.32. The largest absolute Gasteiger partial charge is 0.508 e. The van der Waals surface area contributed by atoms with Gasteiger partial charge in [0.1, 0.15) is 5.75 Å². The zero-order chi connectivity index (χ0) is 14.9. The fourth-order valence-corrected chi connectivity index (χ4v) is 4.32. The average molecular weight is 289 g/mol. The number of amides is 2. The molecule has 4 rings (SSSR count). The number of hydrogen-bond donors (Lipinski definition) is 3. The van der Waals surface area contributed by atoms with Gasteiger partial charge in [0, 0.05) is 17.9 Å². The van der Waals surface area contributed by atoms with Crippen molar-refractivity contribution in [2.45, 2.75) is 18.6 Å². The topological polar surface area (TPSA) is 98.1 Å². The highest BCUT2D eigenvalue weighted by atomic mass is 16.3. The van der Waals surface area contributed by atoms with Gasteiger partial charge in [-0.1, -0.05) is 6.07 Å². The van der Waals surface area contributed by atoms with Crippen LogP contribution in [-0.2, 0) is 9.59 Å². The molecule has 2 bridgehead atoms. The van der Waals surface area contributed by atoms with Crippen molar-refractivity contribution in [1.29, 1.82) is 0 Å². The number of fused-ring (bicyclic) bond motifs is 5. The van der Waals surface area contributed by atoms with Crippen LogP contribution in [0.3, 0.4) is 0 Å². The van der Waals surface area contributed by atoms with E-state index in [1.54, 1.807) is 12.1 Å². The van der Waals surface area contributed by atoms with Crippen molar-refractivity contribution in [3.63, 3.8) is 0 Å². The van der Waals surface area contributed by atoms with Crippen molar-refractivity contribution in [2.75, 3.05) is 4.90 Å². The number of phenols is 1. The fraction of sp³-hybridized carbons (Fsp3) is 0.467. The molecule has 2 aliphatic carbocycles.